The maximum Gasteiger partial charge on any atom is 0.253 e. The molecule has 3 aromatic rings. The number of imidazole rings is 1. The van der Waals surface area contributed by atoms with Crippen LogP contribution in [-0.4, -0.2) is 27.5 Å². The predicted octanol–water partition coefficient (Wildman–Crippen LogP) is 1.96. The van der Waals surface area contributed by atoms with Crippen molar-refractivity contribution in [2.24, 2.45) is 0 Å². The summed E-state index contributed by atoms with van der Waals surface area (Å²) in [5.74, 6) is 0.415. The van der Waals surface area contributed by atoms with Crippen LogP contribution in [0.2, 0.25) is 0 Å². The van der Waals surface area contributed by atoms with Gasteiger partial charge < -0.3 is 15.4 Å². The van der Waals surface area contributed by atoms with Gasteiger partial charge >= 0.3 is 0 Å². The Hall–Kier alpha value is -2.66. The molecule has 1 atom stereocenters. The standard InChI is InChI=1S/C17H17N3O2/c21-16(12-6-2-1-3-7-12)17(22)18-11-10-15-19-13-8-4-5-9-14(13)20-15/h1-9,16,21H,10-11H2,(H,18,22)(H,19,20). The number of aliphatic hydroxyl groups is 1. The zero-order valence-corrected chi connectivity index (χ0v) is 12.0. The third kappa shape index (κ3) is 3.15. The number of fused-ring (bicyclic) bond motifs is 1. The summed E-state index contributed by atoms with van der Waals surface area (Å²) in [6.45, 7) is 0.419. The molecule has 0 radical (unpaired) electrons. The summed E-state index contributed by atoms with van der Waals surface area (Å²) in [5, 5.41) is 12.7. The van der Waals surface area contributed by atoms with E-state index in [1.807, 2.05) is 30.3 Å². The van der Waals surface area contributed by atoms with Gasteiger partial charge in [-0.05, 0) is 17.7 Å². The van der Waals surface area contributed by atoms with Gasteiger partial charge in [0.1, 0.15) is 5.82 Å². The van der Waals surface area contributed by atoms with Gasteiger partial charge in [0.25, 0.3) is 5.91 Å². The van der Waals surface area contributed by atoms with Crippen molar-refractivity contribution in [3.8, 4) is 0 Å². The van der Waals surface area contributed by atoms with Crippen molar-refractivity contribution in [3.05, 3.63) is 66.0 Å². The average Bonchev–Trinajstić information content (AvgIpc) is 2.97. The van der Waals surface area contributed by atoms with E-state index in [9.17, 15) is 9.90 Å². The number of hydrogen-bond acceptors (Lipinski definition) is 3. The number of aromatic amines is 1. The zero-order valence-electron chi connectivity index (χ0n) is 12.0. The van der Waals surface area contributed by atoms with Crippen LogP contribution < -0.4 is 5.32 Å². The van der Waals surface area contributed by atoms with E-state index in [0.29, 0.717) is 18.5 Å². The van der Waals surface area contributed by atoms with Crippen LogP contribution in [-0.2, 0) is 11.2 Å². The van der Waals surface area contributed by atoms with Crippen LogP contribution in [0.4, 0.5) is 0 Å². The van der Waals surface area contributed by atoms with Crippen LogP contribution in [0.1, 0.15) is 17.5 Å². The Morgan fingerprint density at radius 3 is 2.64 bits per heavy atom. The molecule has 0 fully saturated rings. The smallest absolute Gasteiger partial charge is 0.253 e. The zero-order chi connectivity index (χ0) is 15.4. The van der Waals surface area contributed by atoms with Gasteiger partial charge in [0.05, 0.1) is 11.0 Å². The fraction of sp³-hybridized carbons (Fsp3) is 0.176. The molecule has 0 spiro atoms. The Morgan fingerprint density at radius 1 is 1.14 bits per heavy atom. The lowest BCUT2D eigenvalue weighted by atomic mass is 10.1. The summed E-state index contributed by atoms with van der Waals surface area (Å²) >= 11 is 0. The molecule has 0 saturated heterocycles. The second kappa shape index (κ2) is 6.41. The van der Waals surface area contributed by atoms with Crippen LogP contribution in [0.5, 0.6) is 0 Å². The molecule has 1 amide bonds. The number of amides is 1. The normalized spacial score (nSPS) is 12.2. The van der Waals surface area contributed by atoms with Crippen molar-refractivity contribution in [1.82, 2.24) is 15.3 Å². The molecule has 22 heavy (non-hydrogen) atoms. The minimum absolute atomic E-state index is 0.401. The molecule has 1 aromatic heterocycles. The number of carbonyl (C=O) groups is 1. The molecule has 0 aliphatic rings. The van der Waals surface area contributed by atoms with E-state index in [1.54, 1.807) is 24.3 Å². The second-order valence-corrected chi connectivity index (χ2v) is 5.05. The Bertz CT molecular complexity index is 735. The van der Waals surface area contributed by atoms with E-state index in [4.69, 9.17) is 0 Å². The number of hydrogen-bond donors (Lipinski definition) is 3. The summed E-state index contributed by atoms with van der Waals surface area (Å²) in [5.41, 5.74) is 2.48. The van der Waals surface area contributed by atoms with Gasteiger partial charge in [0, 0.05) is 13.0 Å². The van der Waals surface area contributed by atoms with E-state index < -0.39 is 12.0 Å². The number of carbonyl (C=O) groups excluding carboxylic acids is 1. The largest absolute Gasteiger partial charge is 0.378 e. The Morgan fingerprint density at radius 2 is 1.86 bits per heavy atom. The average molecular weight is 295 g/mol. The molecule has 2 aromatic carbocycles. The highest BCUT2D eigenvalue weighted by Crippen LogP contribution is 2.12. The minimum atomic E-state index is -1.14. The van der Waals surface area contributed by atoms with Gasteiger partial charge in [0.15, 0.2) is 6.10 Å². The van der Waals surface area contributed by atoms with Crippen molar-refractivity contribution in [3.63, 3.8) is 0 Å². The van der Waals surface area contributed by atoms with Crippen molar-refractivity contribution >= 4 is 16.9 Å². The highest BCUT2D eigenvalue weighted by molar-refractivity contribution is 5.81. The number of benzene rings is 2. The first-order valence-corrected chi connectivity index (χ1v) is 7.18. The van der Waals surface area contributed by atoms with Gasteiger partial charge in [-0.3, -0.25) is 4.79 Å². The number of H-pyrrole nitrogens is 1. The second-order valence-electron chi connectivity index (χ2n) is 5.05. The molecular weight excluding hydrogens is 278 g/mol. The van der Waals surface area contributed by atoms with Gasteiger partial charge in [-0.2, -0.15) is 0 Å². The lowest BCUT2D eigenvalue weighted by molar-refractivity contribution is -0.129. The Labute approximate surface area is 128 Å². The van der Waals surface area contributed by atoms with Gasteiger partial charge in [-0.1, -0.05) is 42.5 Å². The van der Waals surface area contributed by atoms with Gasteiger partial charge in [-0.15, -0.1) is 0 Å². The molecule has 5 heteroatoms. The third-order valence-corrected chi connectivity index (χ3v) is 3.46. The van der Waals surface area contributed by atoms with Gasteiger partial charge in [0.2, 0.25) is 0 Å². The lowest BCUT2D eigenvalue weighted by Gasteiger charge is -2.11. The number of nitrogens with one attached hydrogen (secondary N) is 2. The SMILES string of the molecule is O=C(NCCc1nc2ccccc2[nH]1)C(O)c1ccccc1. The molecule has 112 valence electrons. The molecule has 0 bridgehead atoms. The van der Waals surface area contributed by atoms with E-state index in [-0.39, 0.29) is 0 Å². The predicted molar refractivity (Wildman–Crippen MR) is 84.2 cm³/mol. The van der Waals surface area contributed by atoms with Crippen LogP contribution >= 0.6 is 0 Å². The van der Waals surface area contributed by atoms with Crippen molar-refractivity contribution in [2.75, 3.05) is 6.54 Å². The highest BCUT2D eigenvalue weighted by Gasteiger charge is 2.16. The molecule has 0 aliphatic carbocycles. The first-order valence-electron chi connectivity index (χ1n) is 7.18. The van der Waals surface area contributed by atoms with Crippen molar-refractivity contribution in [2.45, 2.75) is 12.5 Å². The van der Waals surface area contributed by atoms with Crippen LogP contribution in [0.25, 0.3) is 11.0 Å². The van der Waals surface area contributed by atoms with Crippen LogP contribution in [0.3, 0.4) is 0 Å². The maximum atomic E-state index is 11.9. The third-order valence-electron chi connectivity index (χ3n) is 3.46. The molecule has 3 rings (SSSR count). The Kier molecular flexibility index (Phi) is 4.16. The Balaban J connectivity index is 1.55. The summed E-state index contributed by atoms with van der Waals surface area (Å²) in [7, 11) is 0. The topological polar surface area (TPSA) is 78.0 Å². The fourth-order valence-electron chi connectivity index (χ4n) is 2.31. The molecule has 5 nitrogen and oxygen atoms in total. The van der Waals surface area contributed by atoms with E-state index >= 15 is 0 Å². The first kappa shape index (κ1) is 14.3. The van der Waals surface area contributed by atoms with Gasteiger partial charge in [-0.25, -0.2) is 4.98 Å². The van der Waals surface area contributed by atoms with Crippen molar-refractivity contribution < 1.29 is 9.90 Å². The molecule has 1 unspecified atom stereocenters. The quantitative estimate of drug-likeness (QED) is 0.673. The number of para-hydroxylation sites is 2. The molecule has 1 heterocycles. The molecule has 0 aliphatic heterocycles. The first-order chi connectivity index (χ1) is 10.7. The molecular formula is C17H17N3O2. The lowest BCUT2D eigenvalue weighted by Crippen LogP contribution is -2.31. The maximum absolute atomic E-state index is 11.9. The number of nitrogens with zero attached hydrogens (tertiary/aromatic N) is 1. The summed E-state index contributed by atoms with van der Waals surface area (Å²) in [6.07, 6.45) is -0.557. The summed E-state index contributed by atoms with van der Waals surface area (Å²) < 4.78 is 0. The van der Waals surface area contributed by atoms with E-state index in [0.717, 1.165) is 16.9 Å². The minimum Gasteiger partial charge on any atom is -0.378 e. The van der Waals surface area contributed by atoms with Crippen LogP contribution in [0, 0.1) is 0 Å². The number of rotatable bonds is 5. The number of aliphatic hydroxyl groups excluding tert-OH is 1. The summed E-state index contributed by atoms with van der Waals surface area (Å²) in [4.78, 5) is 19.6. The number of aromatic nitrogens is 2. The highest BCUT2D eigenvalue weighted by atomic mass is 16.3. The van der Waals surface area contributed by atoms with E-state index in [2.05, 4.69) is 15.3 Å². The monoisotopic (exact) mass is 295 g/mol. The van der Waals surface area contributed by atoms with Crippen LogP contribution in [0.15, 0.2) is 54.6 Å². The van der Waals surface area contributed by atoms with E-state index in [1.165, 1.54) is 0 Å². The molecule has 3 N–H and O–H groups in total. The molecule has 0 saturated carbocycles. The summed E-state index contributed by atoms with van der Waals surface area (Å²) in [6, 6.07) is 16.7. The fourth-order valence-corrected chi connectivity index (χ4v) is 2.31. The van der Waals surface area contributed by atoms with Crippen molar-refractivity contribution in [1.29, 1.82) is 0 Å².